The van der Waals surface area contributed by atoms with Crippen molar-refractivity contribution in [2.75, 3.05) is 6.54 Å². The SMILES string of the molecule is CC(NC(=O)CNC(=O)c1ccccc1)c1ccc(-n2cncn2)cc1. The van der Waals surface area contributed by atoms with E-state index >= 15 is 0 Å². The van der Waals surface area contributed by atoms with Crippen LogP contribution in [0, 0.1) is 0 Å². The third-order valence-electron chi connectivity index (χ3n) is 3.90. The van der Waals surface area contributed by atoms with E-state index in [0.29, 0.717) is 5.56 Å². The van der Waals surface area contributed by atoms with E-state index in [9.17, 15) is 9.59 Å². The molecule has 2 amide bonds. The zero-order valence-electron chi connectivity index (χ0n) is 14.3. The number of benzene rings is 2. The Balaban J connectivity index is 1.51. The van der Waals surface area contributed by atoms with Gasteiger partial charge >= 0.3 is 0 Å². The van der Waals surface area contributed by atoms with Crippen LogP contribution in [0.5, 0.6) is 0 Å². The maximum atomic E-state index is 12.1. The molecule has 2 aromatic carbocycles. The van der Waals surface area contributed by atoms with Gasteiger partial charge in [0.1, 0.15) is 12.7 Å². The monoisotopic (exact) mass is 349 g/mol. The van der Waals surface area contributed by atoms with Crippen LogP contribution in [0.15, 0.2) is 67.3 Å². The first-order valence-electron chi connectivity index (χ1n) is 8.21. The smallest absolute Gasteiger partial charge is 0.251 e. The Bertz CT molecular complexity index is 861. The molecule has 7 heteroatoms. The average molecular weight is 349 g/mol. The summed E-state index contributed by atoms with van der Waals surface area (Å²) in [7, 11) is 0. The fourth-order valence-electron chi connectivity index (χ4n) is 2.49. The minimum absolute atomic E-state index is 0.0743. The van der Waals surface area contributed by atoms with Crippen LogP contribution in [0.3, 0.4) is 0 Å². The first kappa shape index (κ1) is 17.3. The molecule has 1 heterocycles. The van der Waals surface area contributed by atoms with E-state index in [1.807, 2.05) is 37.3 Å². The molecule has 0 fully saturated rings. The van der Waals surface area contributed by atoms with Gasteiger partial charge in [0.25, 0.3) is 5.91 Å². The Morgan fingerprint density at radius 1 is 1.08 bits per heavy atom. The van der Waals surface area contributed by atoms with E-state index < -0.39 is 0 Å². The van der Waals surface area contributed by atoms with Crippen LogP contribution in [0.4, 0.5) is 0 Å². The molecule has 0 radical (unpaired) electrons. The zero-order chi connectivity index (χ0) is 18.4. The summed E-state index contributed by atoms with van der Waals surface area (Å²) in [6, 6.07) is 16.3. The van der Waals surface area contributed by atoms with Gasteiger partial charge in [0.2, 0.25) is 5.91 Å². The van der Waals surface area contributed by atoms with Gasteiger partial charge in [0.15, 0.2) is 0 Å². The molecule has 3 aromatic rings. The molecule has 0 aliphatic rings. The highest BCUT2D eigenvalue weighted by molar-refractivity contribution is 5.96. The molecule has 1 unspecified atom stereocenters. The van der Waals surface area contributed by atoms with E-state index in [4.69, 9.17) is 0 Å². The van der Waals surface area contributed by atoms with Crippen LogP contribution in [0.2, 0.25) is 0 Å². The highest BCUT2D eigenvalue weighted by Crippen LogP contribution is 2.15. The Kier molecular flexibility index (Phi) is 5.38. The Hall–Kier alpha value is -3.48. The van der Waals surface area contributed by atoms with Gasteiger partial charge in [-0.1, -0.05) is 30.3 Å². The van der Waals surface area contributed by atoms with E-state index in [0.717, 1.165) is 11.3 Å². The third kappa shape index (κ3) is 4.32. The van der Waals surface area contributed by atoms with E-state index in [1.165, 1.54) is 6.33 Å². The predicted octanol–water partition coefficient (Wildman–Crippen LogP) is 1.87. The number of carbonyl (C=O) groups is 2. The first-order chi connectivity index (χ1) is 12.6. The van der Waals surface area contributed by atoms with Gasteiger partial charge < -0.3 is 10.6 Å². The molecule has 0 saturated carbocycles. The van der Waals surface area contributed by atoms with Gasteiger partial charge in [0, 0.05) is 5.56 Å². The Labute approximate surface area is 151 Å². The summed E-state index contributed by atoms with van der Waals surface area (Å²) in [6.07, 6.45) is 3.09. The van der Waals surface area contributed by atoms with Gasteiger partial charge in [-0.2, -0.15) is 5.10 Å². The second-order valence-corrected chi connectivity index (χ2v) is 5.77. The molecule has 0 aliphatic carbocycles. The number of aromatic nitrogens is 3. The molecule has 0 bridgehead atoms. The molecule has 1 aromatic heterocycles. The summed E-state index contributed by atoms with van der Waals surface area (Å²) >= 11 is 0. The summed E-state index contributed by atoms with van der Waals surface area (Å²) in [5, 5.41) is 9.55. The fraction of sp³-hybridized carbons (Fsp3) is 0.158. The number of rotatable bonds is 6. The van der Waals surface area contributed by atoms with E-state index in [2.05, 4.69) is 20.7 Å². The molecule has 7 nitrogen and oxygen atoms in total. The van der Waals surface area contributed by atoms with Crippen molar-refractivity contribution in [3.63, 3.8) is 0 Å². The predicted molar refractivity (Wildman–Crippen MR) is 96.7 cm³/mol. The summed E-state index contributed by atoms with van der Waals surface area (Å²) in [5.41, 5.74) is 2.37. The van der Waals surface area contributed by atoms with Crippen molar-refractivity contribution in [3.05, 3.63) is 78.4 Å². The Morgan fingerprint density at radius 3 is 2.46 bits per heavy atom. The molecule has 2 N–H and O–H groups in total. The lowest BCUT2D eigenvalue weighted by Crippen LogP contribution is -2.38. The fourth-order valence-corrected chi connectivity index (χ4v) is 2.49. The number of nitrogens with zero attached hydrogens (tertiary/aromatic N) is 3. The lowest BCUT2D eigenvalue weighted by atomic mass is 10.1. The molecular formula is C19H19N5O2. The highest BCUT2D eigenvalue weighted by atomic mass is 16.2. The molecule has 132 valence electrons. The van der Waals surface area contributed by atoms with Crippen molar-refractivity contribution in [2.45, 2.75) is 13.0 Å². The van der Waals surface area contributed by atoms with Gasteiger partial charge in [-0.25, -0.2) is 9.67 Å². The molecule has 1 atom stereocenters. The summed E-state index contributed by atoms with van der Waals surface area (Å²) < 4.78 is 1.66. The van der Waals surface area contributed by atoms with E-state index in [1.54, 1.807) is 35.3 Å². The van der Waals surface area contributed by atoms with Crippen molar-refractivity contribution < 1.29 is 9.59 Å². The molecule has 0 spiro atoms. The van der Waals surface area contributed by atoms with Crippen LogP contribution in [-0.4, -0.2) is 33.1 Å². The van der Waals surface area contributed by atoms with E-state index in [-0.39, 0.29) is 24.4 Å². The lowest BCUT2D eigenvalue weighted by Gasteiger charge is -2.15. The normalized spacial score (nSPS) is 11.6. The number of nitrogens with one attached hydrogen (secondary N) is 2. The van der Waals surface area contributed by atoms with Gasteiger partial charge in [-0.3, -0.25) is 9.59 Å². The van der Waals surface area contributed by atoms with Crippen molar-refractivity contribution in [2.24, 2.45) is 0 Å². The maximum Gasteiger partial charge on any atom is 0.251 e. The van der Waals surface area contributed by atoms with Crippen molar-refractivity contribution in [1.82, 2.24) is 25.4 Å². The topological polar surface area (TPSA) is 88.9 Å². The summed E-state index contributed by atoms with van der Waals surface area (Å²) in [4.78, 5) is 27.9. The first-order valence-corrected chi connectivity index (χ1v) is 8.21. The Morgan fingerprint density at radius 2 is 1.81 bits per heavy atom. The standard InChI is InChI=1S/C19H19N5O2/c1-14(15-7-9-17(10-8-15)24-13-20-12-22-24)23-18(25)11-21-19(26)16-5-3-2-4-6-16/h2-10,12-14H,11H2,1H3,(H,21,26)(H,23,25). The molecule has 3 rings (SSSR count). The minimum Gasteiger partial charge on any atom is -0.348 e. The second kappa shape index (κ2) is 8.06. The minimum atomic E-state index is -0.273. The summed E-state index contributed by atoms with van der Waals surface area (Å²) in [5.74, 6) is -0.521. The van der Waals surface area contributed by atoms with Crippen LogP contribution in [0.1, 0.15) is 28.9 Å². The van der Waals surface area contributed by atoms with Crippen molar-refractivity contribution in [1.29, 1.82) is 0 Å². The highest BCUT2D eigenvalue weighted by Gasteiger charge is 2.11. The number of hydrogen-bond acceptors (Lipinski definition) is 4. The maximum absolute atomic E-state index is 12.1. The van der Waals surface area contributed by atoms with Crippen LogP contribution < -0.4 is 10.6 Å². The van der Waals surface area contributed by atoms with Gasteiger partial charge in [-0.05, 0) is 36.8 Å². The van der Waals surface area contributed by atoms with Crippen LogP contribution in [-0.2, 0) is 4.79 Å². The van der Waals surface area contributed by atoms with Crippen molar-refractivity contribution in [3.8, 4) is 5.69 Å². The second-order valence-electron chi connectivity index (χ2n) is 5.77. The van der Waals surface area contributed by atoms with Gasteiger partial charge in [0.05, 0.1) is 18.3 Å². The number of hydrogen-bond donors (Lipinski definition) is 2. The van der Waals surface area contributed by atoms with Crippen LogP contribution in [0.25, 0.3) is 5.69 Å². The molecule has 0 aliphatic heterocycles. The number of carbonyl (C=O) groups excluding carboxylic acids is 2. The molecule has 0 saturated heterocycles. The largest absolute Gasteiger partial charge is 0.348 e. The summed E-state index contributed by atoms with van der Waals surface area (Å²) in [6.45, 7) is 1.82. The van der Waals surface area contributed by atoms with Crippen LogP contribution >= 0.6 is 0 Å². The quantitative estimate of drug-likeness (QED) is 0.711. The lowest BCUT2D eigenvalue weighted by molar-refractivity contribution is -0.120. The molecule has 26 heavy (non-hydrogen) atoms. The van der Waals surface area contributed by atoms with Crippen molar-refractivity contribution >= 4 is 11.8 Å². The zero-order valence-corrected chi connectivity index (χ0v) is 14.3. The third-order valence-corrected chi connectivity index (χ3v) is 3.90. The number of amides is 2. The average Bonchev–Trinajstić information content (AvgIpc) is 3.21. The van der Waals surface area contributed by atoms with Gasteiger partial charge in [-0.15, -0.1) is 0 Å². The molecular weight excluding hydrogens is 330 g/mol.